The Kier molecular flexibility index (Phi) is 3.66. The highest BCUT2D eigenvalue weighted by atomic mass is 35.5. The van der Waals surface area contributed by atoms with Crippen molar-refractivity contribution in [2.75, 3.05) is 11.9 Å². The maximum Gasteiger partial charge on any atom is 0.193 e. The second kappa shape index (κ2) is 5.03. The molecule has 17 heavy (non-hydrogen) atoms. The predicted octanol–water partition coefficient (Wildman–Crippen LogP) is 2.74. The van der Waals surface area contributed by atoms with Crippen molar-refractivity contribution in [1.82, 2.24) is 8.75 Å². The Morgan fingerprint density at radius 3 is 2.82 bits per heavy atom. The van der Waals surface area contributed by atoms with Crippen LogP contribution in [0.5, 0.6) is 0 Å². The largest absolute Gasteiger partial charge is 0.370 e. The number of hydrogen-bond donors (Lipinski definition) is 2. The number of guanidine groups is 1. The maximum absolute atomic E-state index is 6.09. The van der Waals surface area contributed by atoms with Gasteiger partial charge >= 0.3 is 0 Å². The van der Waals surface area contributed by atoms with Crippen molar-refractivity contribution >= 4 is 57.6 Å². The highest BCUT2D eigenvalue weighted by molar-refractivity contribution is 7.00. The van der Waals surface area contributed by atoms with Gasteiger partial charge in [-0.05, 0) is 13.0 Å². The van der Waals surface area contributed by atoms with E-state index < -0.39 is 0 Å². The Labute approximate surface area is 112 Å². The zero-order valence-corrected chi connectivity index (χ0v) is 11.2. The third-order valence-electron chi connectivity index (χ3n) is 2.03. The third kappa shape index (κ3) is 2.43. The summed E-state index contributed by atoms with van der Waals surface area (Å²) < 4.78 is 8.23. The number of fused-ring (bicyclic) bond motifs is 1. The quantitative estimate of drug-likeness (QED) is 0.658. The van der Waals surface area contributed by atoms with Gasteiger partial charge in [0.2, 0.25) is 0 Å². The van der Waals surface area contributed by atoms with Crippen LogP contribution in [-0.2, 0) is 0 Å². The van der Waals surface area contributed by atoms with Crippen LogP contribution in [0.25, 0.3) is 11.0 Å². The minimum absolute atomic E-state index is 0.283. The molecule has 0 amide bonds. The van der Waals surface area contributed by atoms with Crippen LogP contribution in [0.15, 0.2) is 11.1 Å². The van der Waals surface area contributed by atoms with Gasteiger partial charge in [-0.1, -0.05) is 23.2 Å². The zero-order chi connectivity index (χ0) is 12.4. The number of hydrogen-bond acceptors (Lipinski definition) is 4. The number of nitrogens with one attached hydrogen (secondary N) is 1. The van der Waals surface area contributed by atoms with Gasteiger partial charge in [-0.25, -0.2) is 0 Å². The molecule has 0 aliphatic carbocycles. The minimum Gasteiger partial charge on any atom is -0.370 e. The molecule has 0 aliphatic rings. The van der Waals surface area contributed by atoms with E-state index in [-0.39, 0.29) is 5.96 Å². The summed E-state index contributed by atoms with van der Waals surface area (Å²) >= 11 is 13.2. The van der Waals surface area contributed by atoms with E-state index in [1.807, 2.05) is 6.92 Å². The van der Waals surface area contributed by atoms with Gasteiger partial charge in [-0.2, -0.15) is 8.75 Å². The summed E-state index contributed by atoms with van der Waals surface area (Å²) in [6.07, 6.45) is 0. The number of halogens is 2. The maximum atomic E-state index is 6.09. The van der Waals surface area contributed by atoms with Gasteiger partial charge in [0, 0.05) is 6.54 Å². The average Bonchev–Trinajstić information content (AvgIpc) is 2.73. The van der Waals surface area contributed by atoms with E-state index in [4.69, 9.17) is 28.9 Å². The van der Waals surface area contributed by atoms with E-state index in [1.54, 1.807) is 6.07 Å². The molecule has 0 unspecified atom stereocenters. The highest BCUT2D eigenvalue weighted by Crippen LogP contribution is 2.34. The Balaban J connectivity index is 2.53. The van der Waals surface area contributed by atoms with Gasteiger partial charge < -0.3 is 11.1 Å². The van der Waals surface area contributed by atoms with Gasteiger partial charge in [0.1, 0.15) is 11.0 Å². The number of rotatable bonds is 2. The first-order valence-corrected chi connectivity index (χ1v) is 6.29. The van der Waals surface area contributed by atoms with Crippen LogP contribution < -0.4 is 11.1 Å². The molecule has 0 radical (unpaired) electrons. The second-order valence-corrected chi connectivity index (χ2v) is 4.50. The molecular formula is C9H9Cl2N5S. The molecular weight excluding hydrogens is 281 g/mol. The normalized spacial score (nSPS) is 12.1. The molecule has 5 nitrogen and oxygen atoms in total. The van der Waals surface area contributed by atoms with Gasteiger partial charge in [0.05, 0.1) is 27.5 Å². The van der Waals surface area contributed by atoms with Crippen molar-refractivity contribution in [2.24, 2.45) is 10.7 Å². The number of aliphatic imine (C=N–C) groups is 1. The van der Waals surface area contributed by atoms with Crippen molar-refractivity contribution in [3.63, 3.8) is 0 Å². The lowest BCUT2D eigenvalue weighted by molar-refractivity contribution is 1.12. The van der Waals surface area contributed by atoms with Crippen molar-refractivity contribution < 1.29 is 0 Å². The molecule has 0 saturated heterocycles. The molecule has 2 rings (SSSR count). The monoisotopic (exact) mass is 289 g/mol. The molecule has 0 fully saturated rings. The molecule has 1 heterocycles. The Bertz CT molecular complexity index is 580. The molecule has 0 aliphatic heterocycles. The summed E-state index contributed by atoms with van der Waals surface area (Å²) in [7, 11) is 0. The zero-order valence-electron chi connectivity index (χ0n) is 8.87. The van der Waals surface area contributed by atoms with Crippen LogP contribution in [-0.4, -0.2) is 21.3 Å². The Hall–Kier alpha value is -1.11. The third-order valence-corrected chi connectivity index (χ3v) is 3.14. The highest BCUT2D eigenvalue weighted by Gasteiger charge is 2.14. The number of nitrogens with zero attached hydrogens (tertiary/aromatic N) is 3. The van der Waals surface area contributed by atoms with Crippen LogP contribution in [0, 0.1) is 0 Å². The smallest absolute Gasteiger partial charge is 0.193 e. The summed E-state index contributed by atoms with van der Waals surface area (Å²) in [6, 6.07) is 1.61. The standard InChI is InChI=1S/C9H9Cl2N5S/c1-2-13-9(12)14-6-4(10)3-5(11)7-8(6)16-17-15-7/h3H,2H2,1H3,(H3,12,13,14). The predicted molar refractivity (Wildman–Crippen MR) is 73.2 cm³/mol. The van der Waals surface area contributed by atoms with E-state index in [0.717, 1.165) is 11.7 Å². The van der Waals surface area contributed by atoms with Gasteiger partial charge in [-0.15, -0.1) is 0 Å². The fourth-order valence-electron chi connectivity index (χ4n) is 1.33. The fraction of sp³-hybridized carbons (Fsp3) is 0.222. The van der Waals surface area contributed by atoms with Crippen LogP contribution in [0.3, 0.4) is 0 Å². The summed E-state index contributed by atoms with van der Waals surface area (Å²) in [5.41, 5.74) is 7.47. The number of benzene rings is 1. The topological polar surface area (TPSA) is 76.2 Å². The van der Waals surface area contributed by atoms with Crippen LogP contribution in [0.1, 0.15) is 6.92 Å². The first kappa shape index (κ1) is 12.3. The van der Waals surface area contributed by atoms with E-state index in [0.29, 0.717) is 33.3 Å². The molecule has 0 atom stereocenters. The lowest BCUT2D eigenvalue weighted by Crippen LogP contribution is -2.23. The summed E-state index contributed by atoms with van der Waals surface area (Å²) in [6.45, 7) is 2.47. The van der Waals surface area contributed by atoms with Crippen LogP contribution in [0.2, 0.25) is 10.0 Å². The van der Waals surface area contributed by atoms with Crippen molar-refractivity contribution in [3.8, 4) is 0 Å². The molecule has 0 bridgehead atoms. The van der Waals surface area contributed by atoms with Crippen LogP contribution >= 0.6 is 34.9 Å². The van der Waals surface area contributed by atoms with E-state index in [9.17, 15) is 0 Å². The van der Waals surface area contributed by atoms with Gasteiger partial charge in [-0.3, -0.25) is 4.99 Å². The summed E-state index contributed by atoms with van der Waals surface area (Å²) in [5.74, 6) is 0.283. The molecule has 2 aromatic rings. The van der Waals surface area contributed by atoms with E-state index in [1.165, 1.54) is 0 Å². The van der Waals surface area contributed by atoms with Gasteiger partial charge in [0.25, 0.3) is 0 Å². The van der Waals surface area contributed by atoms with Crippen molar-refractivity contribution in [3.05, 3.63) is 16.1 Å². The molecule has 1 aromatic heterocycles. The van der Waals surface area contributed by atoms with Gasteiger partial charge in [0.15, 0.2) is 5.96 Å². The molecule has 3 N–H and O–H groups in total. The Morgan fingerprint density at radius 1 is 1.41 bits per heavy atom. The lowest BCUT2D eigenvalue weighted by atomic mass is 10.2. The second-order valence-electron chi connectivity index (χ2n) is 3.16. The fourth-order valence-corrected chi connectivity index (χ4v) is 2.49. The SMILES string of the molecule is CCN=C(N)Nc1c(Cl)cc(Cl)c2nsnc12. The Morgan fingerprint density at radius 2 is 2.12 bits per heavy atom. The molecule has 8 heteroatoms. The first-order chi connectivity index (χ1) is 8.13. The summed E-state index contributed by atoms with van der Waals surface area (Å²) in [5, 5.41) is 3.81. The number of aromatic nitrogens is 2. The average molecular weight is 290 g/mol. The minimum atomic E-state index is 0.283. The summed E-state index contributed by atoms with van der Waals surface area (Å²) in [4.78, 5) is 4.02. The molecule has 0 spiro atoms. The lowest BCUT2D eigenvalue weighted by Gasteiger charge is -2.08. The number of nitrogens with two attached hydrogens (primary N) is 1. The molecule has 0 saturated carbocycles. The molecule has 1 aromatic carbocycles. The van der Waals surface area contributed by atoms with Crippen LogP contribution in [0.4, 0.5) is 5.69 Å². The van der Waals surface area contributed by atoms with E-state index in [2.05, 4.69) is 19.1 Å². The van der Waals surface area contributed by atoms with E-state index >= 15 is 0 Å². The number of anilines is 1. The van der Waals surface area contributed by atoms with Crippen molar-refractivity contribution in [2.45, 2.75) is 6.92 Å². The first-order valence-electron chi connectivity index (χ1n) is 4.80. The van der Waals surface area contributed by atoms with Crippen molar-refractivity contribution in [1.29, 1.82) is 0 Å². The molecule has 90 valence electrons.